The van der Waals surface area contributed by atoms with Crippen LogP contribution >= 0.6 is 0 Å². The van der Waals surface area contributed by atoms with E-state index >= 15 is 0 Å². The van der Waals surface area contributed by atoms with Gasteiger partial charge < -0.3 is 10.1 Å². The molecular formula is C10H19N3O2. The summed E-state index contributed by atoms with van der Waals surface area (Å²) in [4.78, 5) is 15.9. The monoisotopic (exact) mass is 213 g/mol. The highest BCUT2D eigenvalue weighted by Crippen LogP contribution is 2.14. The molecule has 1 fully saturated rings. The topological polar surface area (TPSA) is 62.7 Å². The molecule has 0 aromatic rings. The van der Waals surface area contributed by atoms with Crippen LogP contribution in [0.15, 0.2) is 4.99 Å². The van der Waals surface area contributed by atoms with Gasteiger partial charge in [0.1, 0.15) is 5.54 Å². The molecule has 1 amide bonds. The lowest BCUT2D eigenvalue weighted by atomic mass is 9.99. The van der Waals surface area contributed by atoms with Crippen LogP contribution in [-0.2, 0) is 9.53 Å². The Labute approximate surface area is 90.3 Å². The number of nitrogens with one attached hydrogen (secondary N) is 2. The Kier molecular flexibility index (Phi) is 4.08. The smallest absolute Gasteiger partial charge is 0.252 e. The van der Waals surface area contributed by atoms with Gasteiger partial charge in [-0.3, -0.25) is 15.1 Å². The third kappa shape index (κ3) is 2.92. The first-order chi connectivity index (χ1) is 7.12. The zero-order valence-electron chi connectivity index (χ0n) is 9.59. The molecule has 15 heavy (non-hydrogen) atoms. The van der Waals surface area contributed by atoms with Crippen LogP contribution in [0.25, 0.3) is 0 Å². The Bertz CT molecular complexity index is 265. The molecule has 0 aromatic carbocycles. The molecule has 5 heteroatoms. The molecule has 1 aliphatic rings. The molecule has 1 atom stereocenters. The maximum Gasteiger partial charge on any atom is 0.252 e. The van der Waals surface area contributed by atoms with Crippen LogP contribution in [0, 0.1) is 0 Å². The molecule has 0 aromatic heterocycles. The minimum Gasteiger partial charge on any atom is -0.385 e. The van der Waals surface area contributed by atoms with E-state index in [1.165, 1.54) is 0 Å². The van der Waals surface area contributed by atoms with Gasteiger partial charge in [-0.2, -0.15) is 0 Å². The van der Waals surface area contributed by atoms with Gasteiger partial charge in [0.25, 0.3) is 5.91 Å². The van der Waals surface area contributed by atoms with E-state index in [2.05, 4.69) is 15.6 Å². The average molecular weight is 213 g/mol. The van der Waals surface area contributed by atoms with Gasteiger partial charge in [0.2, 0.25) is 0 Å². The Morgan fingerprint density at radius 2 is 2.27 bits per heavy atom. The first kappa shape index (κ1) is 12.0. The number of rotatable bonds is 5. The molecule has 2 N–H and O–H groups in total. The van der Waals surface area contributed by atoms with E-state index in [0.29, 0.717) is 19.0 Å². The van der Waals surface area contributed by atoms with Crippen LogP contribution in [0.5, 0.6) is 0 Å². The summed E-state index contributed by atoms with van der Waals surface area (Å²) in [6, 6.07) is 0. The van der Waals surface area contributed by atoms with Crippen molar-refractivity contribution in [1.29, 1.82) is 0 Å². The number of methoxy groups -OCH3 is 1. The number of amides is 1. The maximum absolute atomic E-state index is 11.7. The van der Waals surface area contributed by atoms with Gasteiger partial charge in [-0.05, 0) is 13.3 Å². The lowest BCUT2D eigenvalue weighted by Gasteiger charge is -2.20. The molecule has 0 bridgehead atoms. The summed E-state index contributed by atoms with van der Waals surface area (Å²) in [5.74, 6) is 0.551. The van der Waals surface area contributed by atoms with E-state index in [1.807, 2.05) is 13.8 Å². The molecule has 0 saturated carbocycles. The minimum atomic E-state index is -0.581. The van der Waals surface area contributed by atoms with Gasteiger partial charge in [-0.25, -0.2) is 0 Å². The molecule has 5 nitrogen and oxygen atoms in total. The second-order valence-corrected chi connectivity index (χ2v) is 3.88. The predicted molar refractivity (Wildman–Crippen MR) is 58.8 cm³/mol. The number of hydrogen-bond donors (Lipinski definition) is 2. The summed E-state index contributed by atoms with van der Waals surface area (Å²) in [5.41, 5.74) is -0.581. The van der Waals surface area contributed by atoms with Crippen molar-refractivity contribution in [3.8, 4) is 0 Å². The van der Waals surface area contributed by atoms with Crippen molar-refractivity contribution in [3.63, 3.8) is 0 Å². The predicted octanol–water partition coefficient (Wildman–Crippen LogP) is 0.267. The van der Waals surface area contributed by atoms with Crippen LogP contribution in [0.4, 0.5) is 0 Å². The largest absolute Gasteiger partial charge is 0.385 e. The Balaban J connectivity index is 2.58. The zero-order valence-corrected chi connectivity index (χ0v) is 9.59. The minimum absolute atomic E-state index is 0.0330. The van der Waals surface area contributed by atoms with Gasteiger partial charge in [-0.15, -0.1) is 0 Å². The highest BCUT2D eigenvalue weighted by atomic mass is 16.5. The second kappa shape index (κ2) is 5.11. The van der Waals surface area contributed by atoms with Crippen LogP contribution in [0.2, 0.25) is 0 Å². The molecular weight excluding hydrogens is 194 g/mol. The van der Waals surface area contributed by atoms with Gasteiger partial charge >= 0.3 is 0 Å². The third-order valence-electron chi connectivity index (χ3n) is 2.43. The summed E-state index contributed by atoms with van der Waals surface area (Å²) in [5, 5.41) is 5.83. The Hall–Kier alpha value is -1.10. The van der Waals surface area contributed by atoms with Gasteiger partial charge in [0.15, 0.2) is 5.96 Å². The molecule has 0 spiro atoms. The number of ether oxygens (including phenoxy) is 1. The normalized spacial score (nSPS) is 27.9. The highest BCUT2D eigenvalue weighted by molar-refractivity contribution is 6.08. The summed E-state index contributed by atoms with van der Waals surface area (Å²) in [6.07, 6.45) is 1.61. The fraction of sp³-hybridized carbons (Fsp3) is 0.800. The van der Waals surface area contributed by atoms with Crippen molar-refractivity contribution in [2.45, 2.75) is 32.2 Å². The molecule has 0 aliphatic carbocycles. The lowest BCUT2D eigenvalue weighted by molar-refractivity contribution is -0.123. The number of hydrogen-bond acceptors (Lipinski definition) is 3. The highest BCUT2D eigenvalue weighted by Gasteiger charge is 2.40. The van der Waals surface area contributed by atoms with Crippen LogP contribution in [0.1, 0.15) is 26.7 Å². The Morgan fingerprint density at radius 3 is 2.87 bits per heavy atom. The molecule has 1 unspecified atom stereocenters. The van der Waals surface area contributed by atoms with E-state index in [1.54, 1.807) is 7.11 Å². The zero-order chi connectivity index (χ0) is 11.3. The number of carbonyl (C=O) groups is 1. The first-order valence-corrected chi connectivity index (χ1v) is 5.25. The second-order valence-electron chi connectivity index (χ2n) is 3.88. The van der Waals surface area contributed by atoms with Crippen LogP contribution in [0.3, 0.4) is 0 Å². The van der Waals surface area contributed by atoms with Gasteiger partial charge in [0, 0.05) is 26.7 Å². The van der Waals surface area contributed by atoms with Gasteiger partial charge in [0.05, 0.1) is 0 Å². The SMILES string of the molecule is CCCN=C1NC(=O)C(C)(CCOC)N1. The molecule has 1 heterocycles. The fourth-order valence-electron chi connectivity index (χ4n) is 1.38. The number of carbonyl (C=O) groups excluding carboxylic acids is 1. The van der Waals surface area contributed by atoms with E-state index in [9.17, 15) is 4.79 Å². The summed E-state index contributed by atoms with van der Waals surface area (Å²) in [6.45, 7) is 5.18. The van der Waals surface area contributed by atoms with Crippen LogP contribution in [-0.4, -0.2) is 37.7 Å². The number of guanidine groups is 1. The van der Waals surface area contributed by atoms with E-state index < -0.39 is 5.54 Å². The molecule has 1 saturated heterocycles. The summed E-state index contributed by atoms with van der Waals surface area (Å²) in [7, 11) is 1.63. The van der Waals surface area contributed by atoms with Crippen molar-refractivity contribution in [1.82, 2.24) is 10.6 Å². The van der Waals surface area contributed by atoms with Crippen molar-refractivity contribution < 1.29 is 9.53 Å². The first-order valence-electron chi connectivity index (χ1n) is 5.25. The van der Waals surface area contributed by atoms with Crippen molar-refractivity contribution in [2.24, 2.45) is 4.99 Å². The maximum atomic E-state index is 11.7. The van der Waals surface area contributed by atoms with E-state index in [0.717, 1.165) is 13.0 Å². The van der Waals surface area contributed by atoms with Crippen molar-refractivity contribution >= 4 is 11.9 Å². The standard InChI is InChI=1S/C10H19N3O2/c1-4-6-11-9-12-8(14)10(2,13-9)5-7-15-3/h4-7H2,1-3H3,(H2,11,12,13,14). The van der Waals surface area contributed by atoms with E-state index in [4.69, 9.17) is 4.74 Å². The molecule has 1 rings (SSSR count). The number of nitrogens with zero attached hydrogens (tertiary/aromatic N) is 1. The quantitative estimate of drug-likeness (QED) is 0.689. The van der Waals surface area contributed by atoms with E-state index in [-0.39, 0.29) is 5.91 Å². The van der Waals surface area contributed by atoms with Crippen LogP contribution < -0.4 is 10.6 Å². The Morgan fingerprint density at radius 1 is 1.53 bits per heavy atom. The molecule has 0 radical (unpaired) electrons. The van der Waals surface area contributed by atoms with Crippen molar-refractivity contribution in [2.75, 3.05) is 20.3 Å². The average Bonchev–Trinajstić information content (AvgIpc) is 2.49. The third-order valence-corrected chi connectivity index (χ3v) is 2.43. The van der Waals surface area contributed by atoms with Crippen molar-refractivity contribution in [3.05, 3.63) is 0 Å². The van der Waals surface area contributed by atoms with Gasteiger partial charge in [-0.1, -0.05) is 6.92 Å². The molecule has 86 valence electrons. The summed E-state index contributed by atoms with van der Waals surface area (Å²) < 4.78 is 4.97. The lowest BCUT2D eigenvalue weighted by Crippen LogP contribution is -2.44. The fourth-order valence-corrected chi connectivity index (χ4v) is 1.38. The number of aliphatic imine (C=N–C) groups is 1. The summed E-state index contributed by atoms with van der Waals surface area (Å²) >= 11 is 0. The molecule has 1 aliphatic heterocycles.